The fraction of sp³-hybridized carbons (Fsp3) is 0.182. The molecule has 4 heterocycles. The molecule has 3 N–H and O–H groups in total. The fourth-order valence-corrected chi connectivity index (χ4v) is 4.41. The highest BCUT2D eigenvalue weighted by molar-refractivity contribution is 7.22. The number of hydrogen-bond acceptors (Lipinski definition) is 7. The van der Waals surface area contributed by atoms with Gasteiger partial charge in [0.05, 0.1) is 10.2 Å². The van der Waals surface area contributed by atoms with Crippen LogP contribution in [0.2, 0.25) is 0 Å². The summed E-state index contributed by atoms with van der Waals surface area (Å²) < 4.78 is 1.08. The average molecular weight is 417 g/mol. The second kappa shape index (κ2) is 8.17. The zero-order chi connectivity index (χ0) is 20.3. The Morgan fingerprint density at radius 2 is 1.97 bits per heavy atom. The zero-order valence-electron chi connectivity index (χ0n) is 16.1. The van der Waals surface area contributed by atoms with Crippen LogP contribution in [0.25, 0.3) is 21.3 Å². The van der Waals surface area contributed by atoms with E-state index in [0.717, 1.165) is 46.0 Å². The van der Waals surface area contributed by atoms with Gasteiger partial charge in [0.2, 0.25) is 0 Å². The molecule has 150 valence electrons. The van der Waals surface area contributed by atoms with E-state index >= 15 is 0 Å². The fourth-order valence-electron chi connectivity index (χ4n) is 3.50. The minimum atomic E-state index is -0.0829. The molecular weight excluding hydrogens is 396 g/mol. The summed E-state index contributed by atoms with van der Waals surface area (Å²) in [5, 5.41) is 10.3. The van der Waals surface area contributed by atoms with Crippen molar-refractivity contribution in [3.8, 4) is 11.1 Å². The second-order valence-electron chi connectivity index (χ2n) is 7.16. The van der Waals surface area contributed by atoms with Crippen LogP contribution >= 0.6 is 11.3 Å². The van der Waals surface area contributed by atoms with Gasteiger partial charge in [0.1, 0.15) is 5.82 Å². The van der Waals surface area contributed by atoms with Crippen LogP contribution in [0.3, 0.4) is 0 Å². The molecule has 30 heavy (non-hydrogen) atoms. The first-order valence-electron chi connectivity index (χ1n) is 9.80. The predicted molar refractivity (Wildman–Crippen MR) is 119 cm³/mol. The van der Waals surface area contributed by atoms with E-state index in [-0.39, 0.29) is 11.9 Å². The molecule has 4 aromatic rings. The summed E-state index contributed by atoms with van der Waals surface area (Å²) in [4.78, 5) is 25.6. The van der Waals surface area contributed by atoms with Crippen molar-refractivity contribution in [1.29, 1.82) is 0 Å². The third-order valence-electron chi connectivity index (χ3n) is 5.05. The van der Waals surface area contributed by atoms with Gasteiger partial charge in [-0.25, -0.2) is 9.97 Å². The summed E-state index contributed by atoms with van der Waals surface area (Å²) >= 11 is 1.55. The SMILES string of the molecule is O=C(NC1CCNC1)c1ccnc(Nc2nc3ccc(-c4ccncc4)cc3s2)c1. The van der Waals surface area contributed by atoms with Crippen molar-refractivity contribution in [3.63, 3.8) is 0 Å². The second-order valence-corrected chi connectivity index (χ2v) is 8.19. The number of hydrogen-bond donors (Lipinski definition) is 3. The Morgan fingerprint density at radius 1 is 1.07 bits per heavy atom. The van der Waals surface area contributed by atoms with Crippen LogP contribution in [0.5, 0.6) is 0 Å². The van der Waals surface area contributed by atoms with E-state index in [1.165, 1.54) is 0 Å². The van der Waals surface area contributed by atoms with Crippen LogP contribution in [-0.4, -0.2) is 40.0 Å². The van der Waals surface area contributed by atoms with Crippen molar-refractivity contribution in [3.05, 3.63) is 66.6 Å². The Hall–Kier alpha value is -3.36. The quantitative estimate of drug-likeness (QED) is 0.461. The van der Waals surface area contributed by atoms with Gasteiger partial charge >= 0.3 is 0 Å². The van der Waals surface area contributed by atoms with E-state index in [2.05, 4.69) is 43.0 Å². The molecule has 5 rings (SSSR count). The lowest BCUT2D eigenvalue weighted by Crippen LogP contribution is -2.36. The summed E-state index contributed by atoms with van der Waals surface area (Å²) in [5.41, 5.74) is 3.74. The number of nitrogens with zero attached hydrogens (tertiary/aromatic N) is 3. The van der Waals surface area contributed by atoms with Crippen LogP contribution in [0.1, 0.15) is 16.8 Å². The van der Waals surface area contributed by atoms with E-state index in [9.17, 15) is 4.79 Å². The lowest BCUT2D eigenvalue weighted by molar-refractivity contribution is 0.0940. The number of nitrogens with one attached hydrogen (secondary N) is 3. The molecule has 0 bridgehead atoms. The van der Waals surface area contributed by atoms with Crippen molar-refractivity contribution >= 4 is 38.4 Å². The van der Waals surface area contributed by atoms with E-state index in [1.54, 1.807) is 42.1 Å². The average Bonchev–Trinajstić information content (AvgIpc) is 3.43. The number of anilines is 2. The van der Waals surface area contributed by atoms with Gasteiger partial charge in [0.15, 0.2) is 5.13 Å². The monoisotopic (exact) mass is 416 g/mol. The lowest BCUT2D eigenvalue weighted by atomic mass is 10.1. The number of carbonyl (C=O) groups is 1. The number of aromatic nitrogens is 3. The molecule has 3 aromatic heterocycles. The number of pyridine rings is 2. The van der Waals surface area contributed by atoms with E-state index in [4.69, 9.17) is 0 Å². The highest BCUT2D eigenvalue weighted by Crippen LogP contribution is 2.31. The maximum absolute atomic E-state index is 12.5. The first-order valence-corrected chi connectivity index (χ1v) is 10.6. The molecule has 7 nitrogen and oxygen atoms in total. The van der Waals surface area contributed by atoms with Crippen molar-refractivity contribution in [2.24, 2.45) is 0 Å². The molecule has 8 heteroatoms. The van der Waals surface area contributed by atoms with Gasteiger partial charge in [0, 0.05) is 36.7 Å². The number of amides is 1. The number of benzene rings is 1. The van der Waals surface area contributed by atoms with Crippen LogP contribution in [0.4, 0.5) is 10.9 Å². The third-order valence-corrected chi connectivity index (χ3v) is 5.99. The number of thiazole rings is 1. The lowest BCUT2D eigenvalue weighted by Gasteiger charge is -2.11. The van der Waals surface area contributed by atoms with E-state index in [0.29, 0.717) is 11.4 Å². The first kappa shape index (κ1) is 18.7. The molecule has 1 aliphatic heterocycles. The van der Waals surface area contributed by atoms with E-state index < -0.39 is 0 Å². The molecule has 0 saturated carbocycles. The van der Waals surface area contributed by atoms with Gasteiger partial charge in [-0.2, -0.15) is 0 Å². The smallest absolute Gasteiger partial charge is 0.251 e. The maximum Gasteiger partial charge on any atom is 0.251 e. The standard InChI is InChI=1S/C22H20N6OS/c29-21(26-17-6-9-24-13-17)16-5-10-25-20(12-16)28-22-27-18-2-1-15(11-19(18)30-22)14-3-7-23-8-4-14/h1-5,7-8,10-12,17,24H,6,9,13H2,(H,26,29)(H,25,27,28). The maximum atomic E-state index is 12.5. The van der Waals surface area contributed by atoms with Crippen molar-refractivity contribution in [2.45, 2.75) is 12.5 Å². The molecular formula is C22H20N6OS. The van der Waals surface area contributed by atoms with Crippen LogP contribution in [-0.2, 0) is 0 Å². The van der Waals surface area contributed by atoms with Gasteiger partial charge in [-0.05, 0) is 60.5 Å². The Labute approximate surface area is 177 Å². The van der Waals surface area contributed by atoms with E-state index in [1.807, 2.05) is 18.2 Å². The summed E-state index contributed by atoms with van der Waals surface area (Å²) in [6, 6.07) is 13.8. The molecule has 1 atom stereocenters. The summed E-state index contributed by atoms with van der Waals surface area (Å²) in [6.45, 7) is 1.75. The Balaban J connectivity index is 1.34. The highest BCUT2D eigenvalue weighted by Gasteiger charge is 2.18. The molecule has 0 radical (unpaired) electrons. The minimum Gasteiger partial charge on any atom is -0.348 e. The van der Waals surface area contributed by atoms with Gasteiger partial charge < -0.3 is 16.0 Å². The molecule has 0 spiro atoms. The third kappa shape index (κ3) is 4.00. The van der Waals surface area contributed by atoms with Crippen molar-refractivity contribution in [2.75, 3.05) is 18.4 Å². The Morgan fingerprint density at radius 3 is 2.80 bits per heavy atom. The number of rotatable bonds is 5. The molecule has 1 saturated heterocycles. The molecule has 1 aromatic carbocycles. The summed E-state index contributed by atoms with van der Waals surface area (Å²) in [6.07, 6.45) is 6.17. The van der Waals surface area contributed by atoms with Gasteiger partial charge in [-0.3, -0.25) is 9.78 Å². The van der Waals surface area contributed by atoms with Gasteiger partial charge in [-0.1, -0.05) is 17.4 Å². The van der Waals surface area contributed by atoms with Gasteiger partial charge in [-0.15, -0.1) is 0 Å². The topological polar surface area (TPSA) is 91.8 Å². The normalized spacial score (nSPS) is 15.9. The van der Waals surface area contributed by atoms with Crippen molar-refractivity contribution in [1.82, 2.24) is 25.6 Å². The molecule has 1 fully saturated rings. The van der Waals surface area contributed by atoms with Crippen LogP contribution in [0, 0.1) is 0 Å². The molecule has 1 aliphatic rings. The number of carbonyl (C=O) groups excluding carboxylic acids is 1. The number of fused-ring (bicyclic) bond motifs is 1. The molecule has 0 aliphatic carbocycles. The van der Waals surface area contributed by atoms with Crippen LogP contribution < -0.4 is 16.0 Å². The van der Waals surface area contributed by atoms with Crippen LogP contribution in [0.15, 0.2) is 61.1 Å². The summed E-state index contributed by atoms with van der Waals surface area (Å²) in [7, 11) is 0. The first-order chi connectivity index (χ1) is 14.7. The molecule has 1 unspecified atom stereocenters. The largest absolute Gasteiger partial charge is 0.348 e. The minimum absolute atomic E-state index is 0.0829. The molecule has 1 amide bonds. The Kier molecular flexibility index (Phi) is 5.08. The van der Waals surface area contributed by atoms with Gasteiger partial charge in [0.25, 0.3) is 5.91 Å². The van der Waals surface area contributed by atoms with Crippen molar-refractivity contribution < 1.29 is 4.79 Å². The predicted octanol–water partition coefficient (Wildman–Crippen LogP) is 3.59. The Bertz CT molecular complexity index is 1190. The summed E-state index contributed by atoms with van der Waals surface area (Å²) in [5.74, 6) is 0.515. The highest BCUT2D eigenvalue weighted by atomic mass is 32.1. The zero-order valence-corrected chi connectivity index (χ0v) is 16.9.